The van der Waals surface area contributed by atoms with E-state index in [9.17, 15) is 5.26 Å². The fourth-order valence-electron chi connectivity index (χ4n) is 3.39. The van der Waals surface area contributed by atoms with Gasteiger partial charge in [-0.25, -0.2) is 0 Å². The lowest BCUT2D eigenvalue weighted by Gasteiger charge is -2.11. The van der Waals surface area contributed by atoms with Gasteiger partial charge in [0.25, 0.3) is 0 Å². The second-order valence-electron chi connectivity index (χ2n) is 6.90. The van der Waals surface area contributed by atoms with Crippen LogP contribution < -0.4 is 4.74 Å². The van der Waals surface area contributed by atoms with Crippen molar-refractivity contribution in [2.24, 2.45) is 7.05 Å². The molecule has 0 aliphatic heterocycles. The fourth-order valence-corrected chi connectivity index (χ4v) is 3.65. The van der Waals surface area contributed by atoms with E-state index in [0.29, 0.717) is 17.3 Å². The Morgan fingerprint density at radius 1 is 1.14 bits per heavy atom. The zero-order valence-electron chi connectivity index (χ0n) is 16.3. The summed E-state index contributed by atoms with van der Waals surface area (Å²) in [5.74, 6) is 0.842. The average Bonchev–Trinajstić information content (AvgIpc) is 3.05. The number of aromatic nitrogens is 2. The van der Waals surface area contributed by atoms with Crippen molar-refractivity contribution in [1.82, 2.24) is 9.55 Å². The van der Waals surface area contributed by atoms with Crippen molar-refractivity contribution >= 4 is 22.5 Å². The highest BCUT2D eigenvalue weighted by atomic mass is 35.5. The number of hydrogen-bond donors (Lipinski definition) is 0. The third kappa shape index (κ3) is 3.70. The number of benzene rings is 2. The molecule has 0 saturated carbocycles. The third-order valence-electron chi connectivity index (χ3n) is 4.96. The molecule has 0 amide bonds. The number of fused-ring (bicyclic) bond motifs is 1. The van der Waals surface area contributed by atoms with E-state index in [1.165, 1.54) is 0 Å². The summed E-state index contributed by atoms with van der Waals surface area (Å²) in [6.45, 7) is 2.54. The van der Waals surface area contributed by atoms with Gasteiger partial charge in [-0.2, -0.15) is 5.26 Å². The van der Waals surface area contributed by atoms with Crippen LogP contribution in [0.25, 0.3) is 22.0 Å². The van der Waals surface area contributed by atoms with Crippen molar-refractivity contribution in [2.75, 3.05) is 0 Å². The molecular weight excluding hydrogens is 382 g/mol. The minimum Gasteiger partial charge on any atom is -0.488 e. The maximum Gasteiger partial charge on any atom is 0.131 e. The van der Waals surface area contributed by atoms with Gasteiger partial charge in [0.05, 0.1) is 11.1 Å². The maximum atomic E-state index is 9.36. The SMILES string of the molecule is CCc1cc(OCc2ccc(-c3c(C#N)cn(C)c3Cl)cc2)c2ccccc2n1. The normalized spacial score (nSPS) is 10.8. The van der Waals surface area contributed by atoms with Crippen molar-refractivity contribution in [3.63, 3.8) is 0 Å². The van der Waals surface area contributed by atoms with Gasteiger partial charge in [0, 0.05) is 36.0 Å². The van der Waals surface area contributed by atoms with Crippen LogP contribution in [0.15, 0.2) is 60.8 Å². The van der Waals surface area contributed by atoms with Gasteiger partial charge in [-0.1, -0.05) is 54.9 Å². The van der Waals surface area contributed by atoms with Crippen molar-refractivity contribution in [3.05, 3.63) is 82.8 Å². The highest BCUT2D eigenvalue weighted by Gasteiger charge is 2.14. The number of rotatable bonds is 5. The second kappa shape index (κ2) is 7.98. The van der Waals surface area contributed by atoms with E-state index in [1.54, 1.807) is 10.8 Å². The fraction of sp³-hybridized carbons (Fsp3) is 0.167. The van der Waals surface area contributed by atoms with Crippen LogP contribution >= 0.6 is 11.6 Å². The highest BCUT2D eigenvalue weighted by Crippen LogP contribution is 2.33. The van der Waals surface area contributed by atoms with E-state index < -0.39 is 0 Å². The molecule has 0 saturated heterocycles. The highest BCUT2D eigenvalue weighted by molar-refractivity contribution is 6.32. The Balaban J connectivity index is 1.58. The molecule has 0 N–H and O–H groups in total. The molecule has 0 aliphatic rings. The zero-order valence-corrected chi connectivity index (χ0v) is 17.1. The van der Waals surface area contributed by atoms with E-state index in [0.717, 1.165) is 45.5 Å². The Labute approximate surface area is 175 Å². The Bertz CT molecular complexity index is 1220. The van der Waals surface area contributed by atoms with Crippen LogP contribution in [-0.2, 0) is 20.1 Å². The largest absolute Gasteiger partial charge is 0.488 e. The quantitative estimate of drug-likeness (QED) is 0.418. The summed E-state index contributed by atoms with van der Waals surface area (Å²) in [5, 5.41) is 10.9. The molecule has 0 unspecified atom stereocenters. The standard InChI is InChI=1S/C24H20ClN3O/c1-3-19-12-22(20-6-4-5-7-21(20)27-19)29-15-16-8-10-17(11-9-16)23-18(13-26)14-28(2)24(23)25/h4-12,14H,3,15H2,1-2H3. The molecule has 2 aromatic carbocycles. The van der Waals surface area contributed by atoms with E-state index in [2.05, 4.69) is 18.0 Å². The van der Waals surface area contributed by atoms with Crippen LogP contribution in [-0.4, -0.2) is 9.55 Å². The number of nitriles is 1. The molecule has 4 aromatic rings. The van der Waals surface area contributed by atoms with E-state index in [-0.39, 0.29) is 0 Å². The van der Waals surface area contributed by atoms with Crippen LogP contribution in [0.4, 0.5) is 0 Å². The number of ether oxygens (including phenoxy) is 1. The van der Waals surface area contributed by atoms with E-state index >= 15 is 0 Å². The molecular formula is C24H20ClN3O. The monoisotopic (exact) mass is 401 g/mol. The van der Waals surface area contributed by atoms with Crippen molar-refractivity contribution in [2.45, 2.75) is 20.0 Å². The molecule has 2 heterocycles. The number of hydrogen-bond acceptors (Lipinski definition) is 3. The summed E-state index contributed by atoms with van der Waals surface area (Å²) in [4.78, 5) is 4.66. The number of pyridine rings is 1. The molecule has 4 nitrogen and oxygen atoms in total. The predicted octanol–water partition coefficient (Wildman–Crippen LogP) is 5.91. The summed E-state index contributed by atoms with van der Waals surface area (Å²) in [7, 11) is 1.83. The maximum absolute atomic E-state index is 9.36. The topological polar surface area (TPSA) is 50.8 Å². The molecule has 144 valence electrons. The molecule has 0 fully saturated rings. The minimum atomic E-state index is 0.449. The molecule has 2 aromatic heterocycles. The van der Waals surface area contributed by atoms with Gasteiger partial charge in [-0.15, -0.1) is 0 Å². The first kappa shape index (κ1) is 19.0. The van der Waals surface area contributed by atoms with Crippen LogP contribution in [0.1, 0.15) is 23.7 Å². The average molecular weight is 402 g/mol. The van der Waals surface area contributed by atoms with Gasteiger partial charge in [0.1, 0.15) is 23.6 Å². The molecule has 4 rings (SSSR count). The minimum absolute atomic E-state index is 0.449. The zero-order chi connectivity index (χ0) is 20.4. The van der Waals surface area contributed by atoms with Gasteiger partial charge in [-0.05, 0) is 29.7 Å². The van der Waals surface area contributed by atoms with Crippen LogP contribution in [0.2, 0.25) is 5.15 Å². The summed E-state index contributed by atoms with van der Waals surface area (Å²) >= 11 is 6.37. The number of nitrogens with zero attached hydrogens (tertiary/aromatic N) is 3. The summed E-state index contributed by atoms with van der Waals surface area (Å²) in [6.07, 6.45) is 2.60. The van der Waals surface area contributed by atoms with Crippen molar-refractivity contribution < 1.29 is 4.74 Å². The van der Waals surface area contributed by atoms with Gasteiger partial charge in [0.15, 0.2) is 0 Å². The molecule has 5 heteroatoms. The summed E-state index contributed by atoms with van der Waals surface area (Å²) in [5.41, 5.74) is 5.24. The summed E-state index contributed by atoms with van der Waals surface area (Å²) < 4.78 is 7.90. The molecule has 0 spiro atoms. The van der Waals surface area contributed by atoms with E-state index in [4.69, 9.17) is 16.3 Å². The molecule has 0 radical (unpaired) electrons. The molecule has 0 aliphatic carbocycles. The van der Waals surface area contributed by atoms with E-state index in [1.807, 2.05) is 61.6 Å². The smallest absolute Gasteiger partial charge is 0.131 e. The van der Waals surface area contributed by atoms with Gasteiger partial charge < -0.3 is 9.30 Å². The number of aryl methyl sites for hydroxylation is 2. The van der Waals surface area contributed by atoms with Crippen LogP contribution in [0.5, 0.6) is 5.75 Å². The first-order valence-corrected chi connectivity index (χ1v) is 9.84. The Hall–Kier alpha value is -3.29. The summed E-state index contributed by atoms with van der Waals surface area (Å²) in [6, 6.07) is 20.2. The number of halogens is 1. The van der Waals surface area contributed by atoms with Crippen molar-refractivity contribution in [1.29, 1.82) is 5.26 Å². The lowest BCUT2D eigenvalue weighted by molar-refractivity contribution is 0.309. The first-order chi connectivity index (χ1) is 14.1. The van der Waals surface area contributed by atoms with Crippen molar-refractivity contribution in [3.8, 4) is 22.9 Å². The van der Waals surface area contributed by atoms with Crippen LogP contribution in [0, 0.1) is 11.3 Å². The van der Waals surface area contributed by atoms with Crippen LogP contribution in [0.3, 0.4) is 0 Å². The first-order valence-electron chi connectivity index (χ1n) is 9.46. The predicted molar refractivity (Wildman–Crippen MR) is 116 cm³/mol. The Morgan fingerprint density at radius 2 is 1.90 bits per heavy atom. The van der Waals surface area contributed by atoms with Gasteiger partial charge >= 0.3 is 0 Å². The molecule has 29 heavy (non-hydrogen) atoms. The molecule has 0 atom stereocenters. The van der Waals surface area contributed by atoms with Gasteiger partial charge in [-0.3, -0.25) is 4.98 Å². The number of para-hydroxylation sites is 1. The Kier molecular flexibility index (Phi) is 5.24. The van der Waals surface area contributed by atoms with Gasteiger partial charge in [0.2, 0.25) is 0 Å². The lowest BCUT2D eigenvalue weighted by atomic mass is 10.0. The lowest BCUT2D eigenvalue weighted by Crippen LogP contribution is -1.98. The Morgan fingerprint density at radius 3 is 2.62 bits per heavy atom. The molecule has 0 bridgehead atoms. The third-order valence-corrected chi connectivity index (χ3v) is 5.41. The second-order valence-corrected chi connectivity index (χ2v) is 7.26.